The van der Waals surface area contributed by atoms with E-state index >= 15 is 0 Å². The SMILES string of the molecule is Cc1cc(N2CCN(C3CC3)CC2)nc2cc(C3NC(=O)NC3=O)oc12. The molecule has 2 aliphatic heterocycles. The zero-order chi connectivity index (χ0) is 17.8. The van der Waals surface area contributed by atoms with Gasteiger partial charge in [0.05, 0.1) is 0 Å². The van der Waals surface area contributed by atoms with Crippen molar-refractivity contribution in [1.29, 1.82) is 0 Å². The first-order valence-corrected chi connectivity index (χ1v) is 9.10. The third kappa shape index (κ3) is 2.61. The fraction of sp³-hybridized carbons (Fsp3) is 0.500. The average Bonchev–Trinajstić information content (AvgIpc) is 3.30. The normalized spacial score (nSPS) is 24.2. The smallest absolute Gasteiger partial charge is 0.322 e. The molecule has 3 aliphatic rings. The Hall–Kier alpha value is -2.61. The van der Waals surface area contributed by atoms with Crippen LogP contribution < -0.4 is 15.5 Å². The van der Waals surface area contributed by atoms with Crippen molar-refractivity contribution >= 4 is 28.9 Å². The highest BCUT2D eigenvalue weighted by Crippen LogP contribution is 2.31. The van der Waals surface area contributed by atoms with Gasteiger partial charge in [-0.1, -0.05) is 0 Å². The molecule has 1 aliphatic carbocycles. The van der Waals surface area contributed by atoms with Crippen LogP contribution >= 0.6 is 0 Å². The molecule has 8 heteroatoms. The Morgan fingerprint density at radius 2 is 1.92 bits per heavy atom. The van der Waals surface area contributed by atoms with Crippen molar-refractivity contribution in [3.63, 3.8) is 0 Å². The maximum Gasteiger partial charge on any atom is 0.322 e. The van der Waals surface area contributed by atoms with Crippen molar-refractivity contribution in [2.45, 2.75) is 31.8 Å². The summed E-state index contributed by atoms with van der Waals surface area (Å²) in [5.74, 6) is 0.954. The Balaban J connectivity index is 1.41. The van der Waals surface area contributed by atoms with Gasteiger partial charge in [0.15, 0.2) is 11.6 Å². The molecule has 2 N–H and O–H groups in total. The van der Waals surface area contributed by atoms with E-state index < -0.39 is 18.0 Å². The van der Waals surface area contributed by atoms with E-state index in [2.05, 4.69) is 20.4 Å². The first kappa shape index (κ1) is 15.6. The summed E-state index contributed by atoms with van der Waals surface area (Å²) in [6.07, 6.45) is 2.68. The van der Waals surface area contributed by atoms with Crippen LogP contribution in [0.4, 0.5) is 10.6 Å². The number of nitrogens with one attached hydrogen (secondary N) is 2. The second kappa shape index (κ2) is 5.70. The van der Waals surface area contributed by atoms with Crippen LogP contribution in [-0.4, -0.2) is 54.0 Å². The van der Waals surface area contributed by atoms with Gasteiger partial charge in [-0.25, -0.2) is 9.78 Å². The molecule has 1 atom stereocenters. The predicted molar refractivity (Wildman–Crippen MR) is 95.0 cm³/mol. The van der Waals surface area contributed by atoms with Crippen LogP contribution in [0.5, 0.6) is 0 Å². The number of hydrogen-bond acceptors (Lipinski definition) is 6. The predicted octanol–water partition coefficient (Wildman–Crippen LogP) is 1.30. The van der Waals surface area contributed by atoms with E-state index in [0.717, 1.165) is 43.6 Å². The summed E-state index contributed by atoms with van der Waals surface area (Å²) in [5, 5.41) is 4.79. The number of pyridine rings is 1. The Morgan fingerprint density at radius 3 is 2.58 bits per heavy atom. The van der Waals surface area contributed by atoms with Gasteiger partial charge in [0.1, 0.15) is 17.1 Å². The molecule has 0 bridgehead atoms. The summed E-state index contributed by atoms with van der Waals surface area (Å²) in [5.41, 5.74) is 2.36. The van der Waals surface area contributed by atoms with E-state index in [9.17, 15) is 9.59 Å². The van der Waals surface area contributed by atoms with E-state index in [-0.39, 0.29) is 0 Å². The zero-order valence-corrected chi connectivity index (χ0v) is 14.6. The number of piperazine rings is 1. The van der Waals surface area contributed by atoms with E-state index in [4.69, 9.17) is 9.40 Å². The van der Waals surface area contributed by atoms with E-state index in [1.807, 2.05) is 13.0 Å². The number of rotatable bonds is 3. The fourth-order valence-electron chi connectivity index (χ4n) is 3.86. The van der Waals surface area contributed by atoms with Crippen LogP contribution in [0.3, 0.4) is 0 Å². The molecule has 2 aromatic heterocycles. The van der Waals surface area contributed by atoms with E-state index in [0.29, 0.717) is 16.9 Å². The number of urea groups is 1. The average molecular weight is 355 g/mol. The summed E-state index contributed by atoms with van der Waals surface area (Å²) >= 11 is 0. The number of carbonyl (C=O) groups is 2. The minimum absolute atomic E-state index is 0.400. The number of nitrogens with zero attached hydrogens (tertiary/aromatic N) is 3. The summed E-state index contributed by atoms with van der Waals surface area (Å²) in [6.45, 7) is 6.08. The molecule has 5 rings (SSSR count). The first-order chi connectivity index (χ1) is 12.6. The van der Waals surface area contributed by atoms with Gasteiger partial charge >= 0.3 is 6.03 Å². The van der Waals surface area contributed by atoms with Crippen molar-refractivity contribution < 1.29 is 14.0 Å². The quantitative estimate of drug-likeness (QED) is 0.807. The molecule has 136 valence electrons. The molecule has 2 saturated heterocycles. The minimum Gasteiger partial charge on any atom is -0.456 e. The van der Waals surface area contributed by atoms with Crippen LogP contribution in [0.2, 0.25) is 0 Å². The number of anilines is 1. The van der Waals surface area contributed by atoms with Crippen molar-refractivity contribution in [2.75, 3.05) is 31.1 Å². The molecule has 3 fully saturated rings. The second-order valence-electron chi connectivity index (χ2n) is 7.31. The van der Waals surface area contributed by atoms with Crippen LogP contribution in [-0.2, 0) is 4.79 Å². The maximum absolute atomic E-state index is 11.9. The number of imide groups is 1. The highest BCUT2D eigenvalue weighted by molar-refractivity contribution is 6.04. The van der Waals surface area contributed by atoms with Gasteiger partial charge in [-0.15, -0.1) is 0 Å². The number of aromatic nitrogens is 1. The van der Waals surface area contributed by atoms with Crippen molar-refractivity contribution in [2.24, 2.45) is 0 Å². The zero-order valence-electron chi connectivity index (χ0n) is 14.6. The third-order valence-corrected chi connectivity index (χ3v) is 5.43. The fourth-order valence-corrected chi connectivity index (χ4v) is 3.86. The number of hydrogen-bond donors (Lipinski definition) is 2. The Morgan fingerprint density at radius 1 is 1.15 bits per heavy atom. The molecule has 3 amide bonds. The Kier molecular flexibility index (Phi) is 3.43. The molecule has 1 unspecified atom stereocenters. The van der Waals surface area contributed by atoms with Gasteiger partial charge in [0.2, 0.25) is 0 Å². The maximum atomic E-state index is 11.9. The van der Waals surface area contributed by atoms with Gasteiger partial charge in [0.25, 0.3) is 5.91 Å². The molecule has 0 radical (unpaired) electrons. The van der Waals surface area contributed by atoms with Crippen molar-refractivity contribution in [1.82, 2.24) is 20.5 Å². The van der Waals surface area contributed by atoms with Gasteiger partial charge < -0.3 is 14.6 Å². The first-order valence-electron chi connectivity index (χ1n) is 9.10. The number of furan rings is 1. The van der Waals surface area contributed by atoms with Crippen LogP contribution in [0, 0.1) is 6.92 Å². The van der Waals surface area contributed by atoms with Crippen LogP contribution in [0.15, 0.2) is 16.5 Å². The van der Waals surface area contributed by atoms with Gasteiger partial charge in [-0.3, -0.25) is 15.0 Å². The highest BCUT2D eigenvalue weighted by Gasteiger charge is 2.34. The Bertz CT molecular complexity index is 896. The van der Waals surface area contributed by atoms with Gasteiger partial charge in [-0.05, 0) is 31.4 Å². The molecule has 26 heavy (non-hydrogen) atoms. The number of aryl methyl sites for hydroxylation is 1. The number of amides is 3. The molecular weight excluding hydrogens is 334 g/mol. The lowest BCUT2D eigenvalue weighted by atomic mass is 10.2. The number of fused-ring (bicyclic) bond motifs is 1. The molecule has 0 aromatic carbocycles. The lowest BCUT2D eigenvalue weighted by molar-refractivity contribution is -0.120. The molecule has 8 nitrogen and oxygen atoms in total. The van der Waals surface area contributed by atoms with Crippen LogP contribution in [0.25, 0.3) is 11.1 Å². The van der Waals surface area contributed by atoms with Gasteiger partial charge in [-0.2, -0.15) is 0 Å². The van der Waals surface area contributed by atoms with E-state index in [1.165, 1.54) is 12.8 Å². The van der Waals surface area contributed by atoms with Gasteiger partial charge in [0, 0.05) is 38.3 Å². The summed E-state index contributed by atoms with van der Waals surface area (Å²) < 4.78 is 5.84. The van der Waals surface area contributed by atoms with Crippen LogP contribution in [0.1, 0.15) is 30.2 Å². The third-order valence-electron chi connectivity index (χ3n) is 5.43. The monoisotopic (exact) mass is 355 g/mol. The van der Waals surface area contributed by atoms with E-state index in [1.54, 1.807) is 6.07 Å². The summed E-state index contributed by atoms with van der Waals surface area (Å²) in [4.78, 5) is 32.8. The topological polar surface area (TPSA) is 90.7 Å². The largest absolute Gasteiger partial charge is 0.456 e. The summed E-state index contributed by atoms with van der Waals surface area (Å²) in [7, 11) is 0. The minimum atomic E-state index is -0.790. The standard InChI is InChI=1S/C18H21N5O3/c1-10-8-14(23-6-4-22(5-7-23)11-2-3-11)19-12-9-13(26-16(10)12)15-17(24)21-18(25)20-15/h8-9,11,15H,2-7H2,1H3,(H2,20,21,24,25). The molecule has 0 spiro atoms. The summed E-state index contributed by atoms with van der Waals surface area (Å²) in [6, 6.07) is 3.30. The van der Waals surface area contributed by atoms with Crippen molar-refractivity contribution in [3.05, 3.63) is 23.5 Å². The molecular formula is C18H21N5O3. The highest BCUT2D eigenvalue weighted by atomic mass is 16.3. The lowest BCUT2D eigenvalue weighted by Gasteiger charge is -2.35. The van der Waals surface area contributed by atoms with Crippen molar-refractivity contribution in [3.8, 4) is 0 Å². The molecule has 4 heterocycles. The number of carbonyl (C=O) groups excluding carboxylic acids is 2. The second-order valence-corrected chi connectivity index (χ2v) is 7.31. The molecule has 2 aromatic rings. The Labute approximate surface area is 150 Å². The lowest BCUT2D eigenvalue weighted by Crippen LogP contribution is -2.47. The molecule has 1 saturated carbocycles.